The van der Waals surface area contributed by atoms with Gasteiger partial charge in [0.05, 0.1) is 17.6 Å². The first kappa shape index (κ1) is 22.5. The average molecular weight is 488 g/mol. The van der Waals surface area contributed by atoms with Gasteiger partial charge in [-0.15, -0.1) is 0 Å². The Balaban J connectivity index is 1.42. The summed E-state index contributed by atoms with van der Waals surface area (Å²) >= 11 is 6.13. The topological polar surface area (TPSA) is 110 Å². The van der Waals surface area contributed by atoms with Gasteiger partial charge in [0.15, 0.2) is 5.65 Å². The number of benzene rings is 2. The third kappa shape index (κ3) is 4.85. The zero-order valence-corrected chi connectivity index (χ0v) is 19.7. The molecule has 0 unspecified atom stereocenters. The van der Waals surface area contributed by atoms with Gasteiger partial charge in [-0.3, -0.25) is 14.6 Å². The van der Waals surface area contributed by atoms with Gasteiger partial charge < -0.3 is 5.32 Å². The van der Waals surface area contributed by atoms with Crippen molar-refractivity contribution in [2.24, 2.45) is 0 Å². The fraction of sp³-hybridized carbons (Fsp3) is 0.160. The Hall–Kier alpha value is -4.24. The molecule has 0 saturated carbocycles. The van der Waals surface area contributed by atoms with Gasteiger partial charge in [0.2, 0.25) is 11.9 Å². The predicted octanol–water partition coefficient (Wildman–Crippen LogP) is 4.22. The summed E-state index contributed by atoms with van der Waals surface area (Å²) in [6.45, 7) is 1.80. The van der Waals surface area contributed by atoms with Gasteiger partial charge in [0, 0.05) is 17.5 Å². The average Bonchev–Trinajstić information content (AvgIpc) is 3.43. The number of carbonyl (C=O) groups is 1. The number of carbonyl (C=O) groups excluding carboxylic acids is 1. The van der Waals surface area contributed by atoms with Crippen molar-refractivity contribution >= 4 is 34.4 Å². The Kier molecular flexibility index (Phi) is 6.15. The lowest BCUT2D eigenvalue weighted by atomic mass is 10.1. The first-order valence-electron chi connectivity index (χ1n) is 11.1. The minimum atomic E-state index is -0.369. The summed E-state index contributed by atoms with van der Waals surface area (Å²) in [6, 6.07) is 18.9. The van der Waals surface area contributed by atoms with E-state index >= 15 is 0 Å². The lowest BCUT2D eigenvalue weighted by Crippen LogP contribution is -2.19. The van der Waals surface area contributed by atoms with Crippen LogP contribution in [0.1, 0.15) is 24.1 Å². The molecule has 0 aliphatic carbocycles. The monoisotopic (exact) mass is 487 g/mol. The molecular weight excluding hydrogens is 466 g/mol. The predicted molar refractivity (Wildman–Crippen MR) is 134 cm³/mol. The van der Waals surface area contributed by atoms with Crippen LogP contribution in [-0.4, -0.2) is 35.4 Å². The molecule has 2 aromatic carbocycles. The van der Waals surface area contributed by atoms with E-state index in [4.69, 9.17) is 11.6 Å². The van der Waals surface area contributed by atoms with Crippen LogP contribution >= 0.6 is 11.6 Å². The van der Waals surface area contributed by atoms with Gasteiger partial charge in [-0.05, 0) is 43.5 Å². The maximum Gasteiger partial charge on any atom is 0.263 e. The van der Waals surface area contributed by atoms with Crippen LogP contribution < -0.4 is 10.9 Å². The van der Waals surface area contributed by atoms with Crippen molar-refractivity contribution in [3.63, 3.8) is 0 Å². The molecule has 2 N–H and O–H groups in total. The number of fused-ring (bicyclic) bond motifs is 1. The van der Waals surface area contributed by atoms with Crippen LogP contribution in [0.3, 0.4) is 0 Å². The molecule has 5 aromatic rings. The van der Waals surface area contributed by atoms with Crippen molar-refractivity contribution in [3.8, 4) is 11.6 Å². The second-order valence-electron chi connectivity index (χ2n) is 8.13. The number of nitrogens with zero attached hydrogens (tertiary/aromatic N) is 5. The van der Waals surface area contributed by atoms with Crippen LogP contribution in [0.2, 0.25) is 5.02 Å². The lowest BCUT2D eigenvalue weighted by molar-refractivity contribution is -0.116. The molecule has 3 heterocycles. The Labute approximate surface area is 205 Å². The highest BCUT2D eigenvalue weighted by Gasteiger charge is 2.17. The van der Waals surface area contributed by atoms with Crippen LogP contribution in [0, 0.1) is 6.92 Å². The van der Waals surface area contributed by atoms with Crippen LogP contribution in [0.25, 0.3) is 22.7 Å². The molecule has 0 spiro atoms. The van der Waals surface area contributed by atoms with Crippen molar-refractivity contribution < 1.29 is 4.79 Å². The van der Waals surface area contributed by atoms with E-state index in [0.29, 0.717) is 46.1 Å². The first-order chi connectivity index (χ1) is 17.0. The van der Waals surface area contributed by atoms with Crippen molar-refractivity contribution in [2.75, 3.05) is 5.32 Å². The molecule has 0 atom stereocenters. The lowest BCUT2D eigenvalue weighted by Gasteiger charge is -2.09. The van der Waals surface area contributed by atoms with Crippen molar-refractivity contribution in [1.82, 2.24) is 29.5 Å². The third-order valence-corrected chi connectivity index (χ3v) is 5.73. The molecule has 10 heteroatoms. The number of hydrogen-bond acceptors (Lipinski definition) is 5. The van der Waals surface area contributed by atoms with Gasteiger partial charge in [-0.25, -0.2) is 4.68 Å². The molecule has 1 amide bonds. The number of rotatable bonds is 7. The number of aromatic amines is 1. The maximum atomic E-state index is 12.8. The van der Waals surface area contributed by atoms with Crippen molar-refractivity contribution in [2.45, 2.75) is 26.2 Å². The molecule has 0 saturated heterocycles. The highest BCUT2D eigenvalue weighted by molar-refractivity contribution is 6.30. The van der Waals surface area contributed by atoms with E-state index < -0.39 is 0 Å². The molecule has 9 nitrogen and oxygen atoms in total. The zero-order chi connectivity index (χ0) is 24.4. The van der Waals surface area contributed by atoms with E-state index in [1.165, 1.54) is 21.1 Å². The number of H-pyrrole nitrogens is 1. The first-order valence-corrected chi connectivity index (χ1v) is 11.5. The summed E-state index contributed by atoms with van der Waals surface area (Å²) in [6.07, 6.45) is 3.33. The molecule has 0 aliphatic heterocycles. The van der Waals surface area contributed by atoms with Crippen LogP contribution in [0.4, 0.5) is 5.82 Å². The van der Waals surface area contributed by atoms with Gasteiger partial charge in [0.1, 0.15) is 11.2 Å². The van der Waals surface area contributed by atoms with Crippen LogP contribution in [0.15, 0.2) is 71.7 Å². The molecule has 0 radical (unpaired) electrons. The maximum absolute atomic E-state index is 12.8. The van der Waals surface area contributed by atoms with Crippen molar-refractivity contribution in [3.05, 3.63) is 93.5 Å². The number of hydrogen-bond donors (Lipinski definition) is 2. The summed E-state index contributed by atoms with van der Waals surface area (Å²) in [5.41, 5.74) is 2.49. The quantitative estimate of drug-likeness (QED) is 0.357. The van der Waals surface area contributed by atoms with E-state index in [0.717, 1.165) is 6.42 Å². The van der Waals surface area contributed by atoms with Crippen LogP contribution in [0.5, 0.6) is 0 Å². The Morgan fingerprint density at radius 1 is 1.09 bits per heavy atom. The summed E-state index contributed by atoms with van der Waals surface area (Å²) < 4.78 is 2.96. The molecule has 0 bridgehead atoms. The fourth-order valence-corrected chi connectivity index (χ4v) is 4.04. The number of anilines is 1. The molecule has 3 aromatic heterocycles. The van der Waals surface area contributed by atoms with E-state index in [-0.39, 0.29) is 17.4 Å². The largest absolute Gasteiger partial charge is 0.310 e. The van der Waals surface area contributed by atoms with Crippen molar-refractivity contribution in [1.29, 1.82) is 0 Å². The highest BCUT2D eigenvalue weighted by atomic mass is 35.5. The van der Waals surface area contributed by atoms with E-state index in [1.54, 1.807) is 31.2 Å². The minimum Gasteiger partial charge on any atom is -0.310 e. The normalized spacial score (nSPS) is 11.1. The van der Waals surface area contributed by atoms with Gasteiger partial charge >= 0.3 is 0 Å². The van der Waals surface area contributed by atoms with E-state index in [2.05, 4.69) is 25.5 Å². The fourth-order valence-electron chi connectivity index (χ4n) is 3.86. The molecule has 5 rings (SSSR count). The van der Waals surface area contributed by atoms with Gasteiger partial charge in [-0.2, -0.15) is 19.9 Å². The number of amides is 1. The number of aromatic nitrogens is 6. The summed E-state index contributed by atoms with van der Waals surface area (Å²) in [7, 11) is 0. The van der Waals surface area contributed by atoms with Crippen LogP contribution in [-0.2, 0) is 11.2 Å². The number of nitrogens with one attached hydrogen (secondary N) is 2. The van der Waals surface area contributed by atoms with Gasteiger partial charge in [-0.1, -0.05) is 48.0 Å². The van der Waals surface area contributed by atoms with Gasteiger partial charge in [0.25, 0.3) is 5.56 Å². The second kappa shape index (κ2) is 9.55. The molecular formula is C25H22ClN7O2. The summed E-state index contributed by atoms with van der Waals surface area (Å²) in [5.74, 6) is 0.442. The Morgan fingerprint density at radius 2 is 1.91 bits per heavy atom. The summed E-state index contributed by atoms with van der Waals surface area (Å²) in [5, 5.41) is 12.5. The molecule has 35 heavy (non-hydrogen) atoms. The van der Waals surface area contributed by atoms with E-state index in [1.807, 2.05) is 36.4 Å². The summed E-state index contributed by atoms with van der Waals surface area (Å²) in [4.78, 5) is 32.8. The zero-order valence-electron chi connectivity index (χ0n) is 18.9. The Morgan fingerprint density at radius 3 is 2.71 bits per heavy atom. The molecule has 0 aliphatic rings. The highest BCUT2D eigenvalue weighted by Crippen LogP contribution is 2.20. The van der Waals surface area contributed by atoms with E-state index in [9.17, 15) is 9.59 Å². The molecule has 176 valence electrons. The smallest absolute Gasteiger partial charge is 0.263 e. The minimum absolute atomic E-state index is 0.144. The molecule has 0 fully saturated rings. The Bertz CT molecular complexity index is 1570. The SMILES string of the molecule is Cc1cc(NC(=O)CCCc2ccccc2)n(-c2nc3c(cnn3-c3cccc(Cl)c3)c(=O)[nH]2)n1. The number of halogens is 1. The number of aryl methyl sites for hydroxylation is 2. The second-order valence-corrected chi connectivity index (χ2v) is 8.57. The standard InChI is InChI=1S/C25H22ClN7O2/c1-16-13-21(28-22(34)12-5-9-17-7-3-2-4-8-17)33(31-16)25-29-23-20(24(35)30-25)15-27-32(23)19-11-6-10-18(26)14-19/h2-4,6-8,10-11,13-15H,5,9,12H2,1H3,(H,28,34)(H,29,30,35). The third-order valence-electron chi connectivity index (χ3n) is 5.49.